The molecule has 2 atom stereocenters. The van der Waals surface area contributed by atoms with Gasteiger partial charge in [-0.05, 0) is 19.9 Å². The number of aromatic nitrogens is 2. The summed E-state index contributed by atoms with van der Waals surface area (Å²) in [5.41, 5.74) is -0.310. The van der Waals surface area contributed by atoms with E-state index < -0.39 is 10.5 Å². The molecule has 25 heavy (non-hydrogen) atoms. The molecule has 1 aromatic heterocycles. The monoisotopic (exact) mass is 346 g/mol. The molecule has 2 heterocycles. The molecule has 0 saturated carbocycles. The summed E-state index contributed by atoms with van der Waals surface area (Å²) in [7, 11) is 0. The number of carbonyl (C=O) groups is 1. The zero-order valence-corrected chi connectivity index (χ0v) is 13.9. The number of hydrogen-bond donors (Lipinski definition) is 0. The Bertz CT molecular complexity index is 884. The minimum absolute atomic E-state index is 0.0678. The first-order valence-corrected chi connectivity index (χ1v) is 7.92. The van der Waals surface area contributed by atoms with Gasteiger partial charge in [-0.25, -0.2) is 4.98 Å². The number of rotatable bonds is 3. The molecule has 1 amide bonds. The number of nitro benzene ring substituents is 1. The highest BCUT2D eigenvalue weighted by atomic mass is 16.6. The highest BCUT2D eigenvalue weighted by Crippen LogP contribution is 2.16. The minimum atomic E-state index is -0.572. The summed E-state index contributed by atoms with van der Waals surface area (Å²) >= 11 is 0. The van der Waals surface area contributed by atoms with Gasteiger partial charge in [0.15, 0.2) is 0 Å². The fourth-order valence-corrected chi connectivity index (χ4v) is 3.00. The number of non-ortho nitro benzene ring substituents is 1. The number of nitro groups is 1. The summed E-state index contributed by atoms with van der Waals surface area (Å²) in [6, 6.07) is 3.90. The van der Waals surface area contributed by atoms with Crippen LogP contribution in [0.5, 0.6) is 0 Å². The van der Waals surface area contributed by atoms with E-state index in [0.29, 0.717) is 18.6 Å². The van der Waals surface area contributed by atoms with Gasteiger partial charge in [0.05, 0.1) is 34.4 Å². The number of nitrogens with zero attached hydrogens (tertiary/aromatic N) is 4. The lowest BCUT2D eigenvalue weighted by Gasteiger charge is -2.35. The van der Waals surface area contributed by atoms with Crippen LogP contribution in [0.3, 0.4) is 0 Å². The molecule has 9 heteroatoms. The smallest absolute Gasteiger partial charge is 0.270 e. The van der Waals surface area contributed by atoms with Crippen molar-refractivity contribution in [3.63, 3.8) is 0 Å². The molecule has 1 aromatic carbocycles. The summed E-state index contributed by atoms with van der Waals surface area (Å²) in [6.07, 6.45) is 1.16. The number of fused-ring (bicyclic) bond motifs is 1. The second-order valence-electron chi connectivity index (χ2n) is 6.19. The van der Waals surface area contributed by atoms with Crippen molar-refractivity contribution in [2.45, 2.75) is 32.6 Å². The Morgan fingerprint density at radius 3 is 2.68 bits per heavy atom. The van der Waals surface area contributed by atoms with Crippen LogP contribution in [0.25, 0.3) is 10.9 Å². The third-order valence-corrected chi connectivity index (χ3v) is 4.10. The van der Waals surface area contributed by atoms with Gasteiger partial charge >= 0.3 is 0 Å². The molecule has 0 radical (unpaired) electrons. The van der Waals surface area contributed by atoms with E-state index in [9.17, 15) is 19.7 Å². The van der Waals surface area contributed by atoms with Gasteiger partial charge in [-0.15, -0.1) is 0 Å². The van der Waals surface area contributed by atoms with Crippen molar-refractivity contribution >= 4 is 22.5 Å². The molecule has 9 nitrogen and oxygen atoms in total. The predicted octanol–water partition coefficient (Wildman–Crippen LogP) is 0.940. The first-order chi connectivity index (χ1) is 11.8. The quantitative estimate of drug-likeness (QED) is 0.604. The van der Waals surface area contributed by atoms with E-state index in [1.165, 1.54) is 29.1 Å². The maximum atomic E-state index is 12.6. The highest BCUT2D eigenvalue weighted by Gasteiger charge is 2.26. The molecule has 132 valence electrons. The van der Waals surface area contributed by atoms with E-state index >= 15 is 0 Å². The van der Waals surface area contributed by atoms with E-state index in [-0.39, 0.29) is 35.7 Å². The fourth-order valence-electron chi connectivity index (χ4n) is 3.00. The van der Waals surface area contributed by atoms with Crippen LogP contribution in [-0.4, -0.2) is 50.6 Å². The topological polar surface area (TPSA) is 108 Å². The molecule has 0 unspecified atom stereocenters. The first kappa shape index (κ1) is 17.0. The zero-order valence-electron chi connectivity index (χ0n) is 13.9. The van der Waals surface area contributed by atoms with Crippen molar-refractivity contribution in [3.8, 4) is 0 Å². The number of amides is 1. The Labute approximate surface area is 143 Å². The lowest BCUT2D eigenvalue weighted by molar-refractivity contribution is -0.384. The molecular weight excluding hydrogens is 328 g/mol. The van der Waals surface area contributed by atoms with Crippen LogP contribution in [0, 0.1) is 10.1 Å². The van der Waals surface area contributed by atoms with E-state index in [1.54, 1.807) is 4.90 Å². The molecule has 0 bridgehead atoms. The van der Waals surface area contributed by atoms with Gasteiger partial charge in [-0.1, -0.05) is 0 Å². The zero-order chi connectivity index (χ0) is 18.1. The summed E-state index contributed by atoms with van der Waals surface area (Å²) < 4.78 is 6.77. The van der Waals surface area contributed by atoms with Gasteiger partial charge in [0.2, 0.25) is 5.91 Å². The summed E-state index contributed by atoms with van der Waals surface area (Å²) in [5.74, 6) is -0.212. The van der Waals surface area contributed by atoms with Crippen molar-refractivity contribution in [3.05, 3.63) is 45.0 Å². The second kappa shape index (κ2) is 6.60. The first-order valence-electron chi connectivity index (χ1n) is 7.92. The number of hydrogen-bond acceptors (Lipinski definition) is 6. The van der Waals surface area contributed by atoms with Crippen LogP contribution in [0.4, 0.5) is 5.69 Å². The molecule has 0 spiro atoms. The van der Waals surface area contributed by atoms with E-state index in [1.807, 2.05) is 13.8 Å². The molecule has 0 N–H and O–H groups in total. The van der Waals surface area contributed by atoms with Crippen LogP contribution in [0.1, 0.15) is 13.8 Å². The normalized spacial score (nSPS) is 20.6. The molecule has 1 saturated heterocycles. The van der Waals surface area contributed by atoms with E-state index in [0.717, 1.165) is 0 Å². The highest BCUT2D eigenvalue weighted by molar-refractivity contribution is 5.81. The Balaban J connectivity index is 1.88. The van der Waals surface area contributed by atoms with Gasteiger partial charge < -0.3 is 9.64 Å². The van der Waals surface area contributed by atoms with Crippen LogP contribution in [0.2, 0.25) is 0 Å². The van der Waals surface area contributed by atoms with Crippen molar-refractivity contribution in [2.24, 2.45) is 0 Å². The summed E-state index contributed by atoms with van der Waals surface area (Å²) in [5, 5.41) is 11.0. The second-order valence-corrected chi connectivity index (χ2v) is 6.19. The SMILES string of the molecule is C[C@@H]1CN(C(=O)Cn2cnc3ccc([N+](=O)[O-])cc3c2=O)C[C@@H](C)O1. The predicted molar refractivity (Wildman–Crippen MR) is 89.2 cm³/mol. The largest absolute Gasteiger partial charge is 0.372 e. The summed E-state index contributed by atoms with van der Waals surface area (Å²) in [6.45, 7) is 4.54. The third kappa shape index (κ3) is 3.50. The maximum Gasteiger partial charge on any atom is 0.270 e. The number of carbonyl (C=O) groups excluding carboxylic acids is 1. The van der Waals surface area contributed by atoms with Crippen molar-refractivity contribution in [2.75, 3.05) is 13.1 Å². The summed E-state index contributed by atoms with van der Waals surface area (Å²) in [4.78, 5) is 41.1. The standard InChI is InChI=1S/C16H18N4O5/c1-10-6-18(7-11(2)25-10)15(21)8-19-9-17-14-4-3-12(20(23)24)5-13(14)16(19)22/h3-5,9-11H,6-8H2,1-2H3/t10-,11-/m1/s1. The number of benzene rings is 1. The van der Waals surface area contributed by atoms with Crippen LogP contribution in [0.15, 0.2) is 29.3 Å². The Morgan fingerprint density at radius 1 is 1.36 bits per heavy atom. The Morgan fingerprint density at radius 2 is 2.04 bits per heavy atom. The van der Waals surface area contributed by atoms with E-state index in [2.05, 4.69) is 4.98 Å². The molecular formula is C16H18N4O5. The molecule has 0 aliphatic carbocycles. The van der Waals surface area contributed by atoms with Crippen LogP contribution in [-0.2, 0) is 16.1 Å². The van der Waals surface area contributed by atoms with Crippen molar-refractivity contribution in [1.29, 1.82) is 0 Å². The number of ether oxygens (including phenoxy) is 1. The average molecular weight is 346 g/mol. The lowest BCUT2D eigenvalue weighted by Crippen LogP contribution is -2.49. The average Bonchev–Trinajstić information content (AvgIpc) is 2.56. The third-order valence-electron chi connectivity index (χ3n) is 4.10. The fraction of sp³-hybridized carbons (Fsp3) is 0.438. The van der Waals surface area contributed by atoms with Gasteiger partial charge in [0, 0.05) is 25.2 Å². The minimum Gasteiger partial charge on any atom is -0.372 e. The molecule has 3 rings (SSSR count). The molecule has 1 fully saturated rings. The Kier molecular flexibility index (Phi) is 4.49. The molecule has 2 aromatic rings. The van der Waals surface area contributed by atoms with Crippen molar-refractivity contribution in [1.82, 2.24) is 14.5 Å². The van der Waals surface area contributed by atoms with Gasteiger partial charge in [-0.2, -0.15) is 0 Å². The number of morpholine rings is 1. The lowest BCUT2D eigenvalue weighted by atomic mass is 10.2. The Hall–Kier alpha value is -2.81. The maximum absolute atomic E-state index is 12.6. The van der Waals surface area contributed by atoms with Crippen LogP contribution >= 0.6 is 0 Å². The van der Waals surface area contributed by atoms with Gasteiger partial charge in [0.25, 0.3) is 11.2 Å². The van der Waals surface area contributed by atoms with Gasteiger partial charge in [-0.3, -0.25) is 24.3 Å². The molecule has 1 aliphatic heterocycles. The van der Waals surface area contributed by atoms with Crippen molar-refractivity contribution < 1.29 is 14.5 Å². The van der Waals surface area contributed by atoms with Crippen LogP contribution < -0.4 is 5.56 Å². The van der Waals surface area contributed by atoms with E-state index in [4.69, 9.17) is 4.74 Å². The van der Waals surface area contributed by atoms with Gasteiger partial charge in [0.1, 0.15) is 6.54 Å². The molecule has 1 aliphatic rings.